The first-order valence-electron chi connectivity index (χ1n) is 9.39. The molecule has 1 aromatic heterocycles. The lowest BCUT2D eigenvalue weighted by Crippen LogP contribution is -2.20. The van der Waals surface area contributed by atoms with E-state index in [1.807, 2.05) is 0 Å². The van der Waals surface area contributed by atoms with Crippen LogP contribution in [0.1, 0.15) is 27.6 Å². The molecule has 0 radical (unpaired) electrons. The fourth-order valence-corrected chi connectivity index (χ4v) is 2.72. The number of methoxy groups -OCH3 is 1. The maximum absolute atomic E-state index is 12.3. The fourth-order valence-electron chi connectivity index (χ4n) is 2.72. The Bertz CT molecular complexity index is 1100. The van der Waals surface area contributed by atoms with Crippen molar-refractivity contribution in [3.05, 3.63) is 78.1 Å². The summed E-state index contributed by atoms with van der Waals surface area (Å²) in [5.41, 5.74) is 1.93. The van der Waals surface area contributed by atoms with Crippen LogP contribution in [0.25, 0.3) is 0 Å². The molecule has 2 amide bonds. The van der Waals surface area contributed by atoms with Crippen LogP contribution in [0.3, 0.4) is 0 Å². The molecule has 8 heteroatoms. The van der Waals surface area contributed by atoms with Crippen LogP contribution in [0.4, 0.5) is 11.4 Å². The third kappa shape index (κ3) is 5.89. The molecule has 0 saturated heterocycles. The van der Waals surface area contributed by atoms with Crippen molar-refractivity contribution in [2.24, 2.45) is 0 Å². The zero-order valence-electron chi connectivity index (χ0n) is 17.0. The Morgan fingerprint density at radius 3 is 2.35 bits per heavy atom. The number of hydrogen-bond acceptors (Lipinski definition) is 6. The Hall–Kier alpha value is -4.20. The van der Waals surface area contributed by atoms with Gasteiger partial charge >= 0.3 is 0 Å². The highest BCUT2D eigenvalue weighted by atomic mass is 16.5. The summed E-state index contributed by atoms with van der Waals surface area (Å²) in [6.07, 6.45) is 3.05. The van der Waals surface area contributed by atoms with Gasteiger partial charge < -0.3 is 20.1 Å². The quantitative estimate of drug-likeness (QED) is 0.541. The van der Waals surface area contributed by atoms with Gasteiger partial charge in [0, 0.05) is 29.3 Å². The van der Waals surface area contributed by atoms with E-state index in [9.17, 15) is 14.4 Å². The molecular weight excluding hydrogens is 398 g/mol. The lowest BCUT2D eigenvalue weighted by atomic mass is 10.1. The molecule has 0 spiro atoms. The van der Waals surface area contributed by atoms with Gasteiger partial charge in [0.05, 0.1) is 12.7 Å². The number of aromatic nitrogens is 1. The average molecular weight is 419 g/mol. The molecular formula is C23H21N3O5. The summed E-state index contributed by atoms with van der Waals surface area (Å²) < 4.78 is 10.7. The molecule has 0 fully saturated rings. The van der Waals surface area contributed by atoms with E-state index >= 15 is 0 Å². The summed E-state index contributed by atoms with van der Waals surface area (Å²) in [5, 5.41) is 5.46. The first-order chi connectivity index (χ1) is 15.0. The minimum absolute atomic E-state index is 0.0990. The van der Waals surface area contributed by atoms with Crippen molar-refractivity contribution in [3.63, 3.8) is 0 Å². The number of nitrogens with zero attached hydrogens (tertiary/aromatic N) is 1. The summed E-state index contributed by atoms with van der Waals surface area (Å²) in [4.78, 5) is 39.9. The number of carbonyl (C=O) groups excluding carboxylic acids is 3. The van der Waals surface area contributed by atoms with Crippen molar-refractivity contribution in [1.29, 1.82) is 0 Å². The number of benzene rings is 2. The fraction of sp³-hybridized carbons (Fsp3) is 0.130. The number of pyridine rings is 1. The van der Waals surface area contributed by atoms with Gasteiger partial charge in [-0.05, 0) is 55.5 Å². The molecule has 0 bridgehead atoms. The third-order valence-corrected chi connectivity index (χ3v) is 4.26. The summed E-state index contributed by atoms with van der Waals surface area (Å²) in [7, 11) is 1.46. The number of hydrogen-bond donors (Lipinski definition) is 2. The molecule has 2 N–H and O–H groups in total. The van der Waals surface area contributed by atoms with Gasteiger partial charge in [-0.2, -0.15) is 0 Å². The van der Waals surface area contributed by atoms with Crippen LogP contribution in [0, 0.1) is 0 Å². The van der Waals surface area contributed by atoms with Crippen LogP contribution in [0.15, 0.2) is 67.0 Å². The van der Waals surface area contributed by atoms with Gasteiger partial charge in [0.15, 0.2) is 23.9 Å². The van der Waals surface area contributed by atoms with Gasteiger partial charge in [0.2, 0.25) is 0 Å². The largest absolute Gasteiger partial charge is 0.493 e. The zero-order chi connectivity index (χ0) is 22.2. The van der Waals surface area contributed by atoms with Crippen molar-refractivity contribution in [1.82, 2.24) is 4.98 Å². The van der Waals surface area contributed by atoms with Gasteiger partial charge in [-0.25, -0.2) is 0 Å². The standard InChI is InChI=1S/C23H21N3O5/c1-15(27)16-8-9-20(21(11-16)30-2)31-14-22(28)25-18-6-3-7-19(12-18)26-23(29)17-5-4-10-24-13-17/h3-13H,14H2,1-2H3,(H,25,28)(H,26,29). The second-order valence-electron chi connectivity index (χ2n) is 6.54. The van der Waals surface area contributed by atoms with E-state index in [1.165, 1.54) is 20.2 Å². The highest BCUT2D eigenvalue weighted by Crippen LogP contribution is 2.28. The van der Waals surface area contributed by atoms with Gasteiger partial charge in [0.1, 0.15) is 0 Å². The molecule has 3 rings (SSSR count). The zero-order valence-corrected chi connectivity index (χ0v) is 17.0. The second-order valence-corrected chi connectivity index (χ2v) is 6.54. The SMILES string of the molecule is COc1cc(C(C)=O)ccc1OCC(=O)Nc1cccc(NC(=O)c2cccnc2)c1. The Kier molecular flexibility index (Phi) is 6.95. The lowest BCUT2D eigenvalue weighted by molar-refractivity contribution is -0.118. The Balaban J connectivity index is 1.59. The summed E-state index contributed by atoms with van der Waals surface area (Å²) in [6.45, 7) is 1.19. The maximum atomic E-state index is 12.3. The number of amides is 2. The number of ether oxygens (including phenoxy) is 2. The lowest BCUT2D eigenvalue weighted by Gasteiger charge is -2.12. The van der Waals surface area contributed by atoms with E-state index in [4.69, 9.17) is 9.47 Å². The minimum Gasteiger partial charge on any atom is -0.493 e. The summed E-state index contributed by atoms with van der Waals surface area (Å²) >= 11 is 0. The predicted molar refractivity (Wildman–Crippen MR) is 116 cm³/mol. The molecule has 158 valence electrons. The van der Waals surface area contributed by atoms with Crippen LogP contribution in [0.5, 0.6) is 11.5 Å². The number of anilines is 2. The van der Waals surface area contributed by atoms with E-state index < -0.39 is 5.91 Å². The van der Waals surface area contributed by atoms with Crippen LogP contribution in [0.2, 0.25) is 0 Å². The monoisotopic (exact) mass is 419 g/mol. The van der Waals surface area contributed by atoms with Crippen LogP contribution in [-0.2, 0) is 4.79 Å². The molecule has 31 heavy (non-hydrogen) atoms. The van der Waals surface area contributed by atoms with Gasteiger partial charge in [-0.15, -0.1) is 0 Å². The summed E-state index contributed by atoms with van der Waals surface area (Å²) in [6, 6.07) is 14.8. The molecule has 0 atom stereocenters. The molecule has 0 aliphatic heterocycles. The van der Waals surface area contributed by atoms with Crippen molar-refractivity contribution in [3.8, 4) is 11.5 Å². The first kappa shape index (κ1) is 21.5. The van der Waals surface area contributed by atoms with E-state index in [0.29, 0.717) is 34.0 Å². The molecule has 0 aliphatic rings. The molecule has 0 saturated carbocycles. The molecule has 3 aromatic rings. The van der Waals surface area contributed by atoms with E-state index in [2.05, 4.69) is 15.6 Å². The van der Waals surface area contributed by atoms with Crippen LogP contribution in [-0.4, -0.2) is 36.3 Å². The normalized spacial score (nSPS) is 10.1. The Labute approximate surface area is 179 Å². The number of nitrogens with one attached hydrogen (secondary N) is 2. The number of Topliss-reactive ketones (excluding diaryl/α,β-unsaturated/α-hetero) is 1. The molecule has 0 aliphatic carbocycles. The van der Waals surface area contributed by atoms with Crippen molar-refractivity contribution in [2.75, 3.05) is 24.4 Å². The van der Waals surface area contributed by atoms with Gasteiger partial charge in [-0.1, -0.05) is 6.07 Å². The van der Waals surface area contributed by atoms with Crippen molar-refractivity contribution in [2.45, 2.75) is 6.92 Å². The smallest absolute Gasteiger partial charge is 0.262 e. The molecule has 1 heterocycles. The Morgan fingerprint density at radius 1 is 0.903 bits per heavy atom. The van der Waals surface area contributed by atoms with Crippen molar-refractivity contribution >= 4 is 29.0 Å². The highest BCUT2D eigenvalue weighted by Gasteiger charge is 2.11. The summed E-state index contributed by atoms with van der Waals surface area (Å²) in [5.74, 6) is -0.0896. The van der Waals surface area contributed by atoms with Crippen LogP contribution < -0.4 is 20.1 Å². The second kappa shape index (κ2) is 10.0. The minimum atomic E-state index is -0.395. The van der Waals surface area contributed by atoms with Crippen molar-refractivity contribution < 1.29 is 23.9 Å². The number of rotatable bonds is 8. The highest BCUT2D eigenvalue weighted by molar-refractivity contribution is 6.04. The van der Waals surface area contributed by atoms with Gasteiger partial charge in [0.25, 0.3) is 11.8 Å². The predicted octanol–water partition coefficient (Wildman–Crippen LogP) is 3.56. The molecule has 8 nitrogen and oxygen atoms in total. The first-order valence-corrected chi connectivity index (χ1v) is 9.39. The topological polar surface area (TPSA) is 107 Å². The van der Waals surface area contributed by atoms with E-state index in [-0.39, 0.29) is 18.3 Å². The molecule has 2 aromatic carbocycles. The average Bonchev–Trinajstić information content (AvgIpc) is 2.78. The number of carbonyl (C=O) groups is 3. The maximum Gasteiger partial charge on any atom is 0.262 e. The van der Waals surface area contributed by atoms with Gasteiger partial charge in [-0.3, -0.25) is 19.4 Å². The Morgan fingerprint density at radius 2 is 1.68 bits per heavy atom. The van der Waals surface area contributed by atoms with E-state index in [0.717, 1.165) is 0 Å². The molecule has 0 unspecified atom stereocenters. The third-order valence-electron chi connectivity index (χ3n) is 4.26. The van der Waals surface area contributed by atoms with E-state index in [1.54, 1.807) is 60.8 Å². The van der Waals surface area contributed by atoms with Crippen LogP contribution >= 0.6 is 0 Å². The number of ketones is 1.